The Morgan fingerprint density at radius 1 is 1.38 bits per heavy atom. The van der Waals surface area contributed by atoms with Crippen LogP contribution in [0.3, 0.4) is 0 Å². The Hall–Kier alpha value is -0.770. The molecule has 0 spiro atoms. The topological polar surface area (TPSA) is 75.3 Å². The summed E-state index contributed by atoms with van der Waals surface area (Å²) in [5.74, 6) is 0.719. The summed E-state index contributed by atoms with van der Waals surface area (Å²) < 4.78 is 0. The molecule has 0 unspecified atom stereocenters. The van der Waals surface area contributed by atoms with Gasteiger partial charge in [-0.15, -0.1) is 0 Å². The number of rotatable bonds is 3. The molecule has 1 aliphatic rings. The highest BCUT2D eigenvalue weighted by molar-refractivity contribution is 5.64. The summed E-state index contributed by atoms with van der Waals surface area (Å²) >= 11 is 0. The molecule has 0 aromatic carbocycles. The van der Waals surface area contributed by atoms with E-state index in [-0.39, 0.29) is 6.04 Å². The molecule has 0 radical (unpaired) electrons. The summed E-state index contributed by atoms with van der Waals surface area (Å²) in [6, 6.07) is 0.173. The molecule has 0 aromatic rings. The number of hydrogen-bond acceptors (Lipinski definition) is 2. The van der Waals surface area contributed by atoms with Crippen LogP contribution in [0.2, 0.25) is 0 Å². The molecule has 1 aliphatic carbocycles. The number of carbonyl (C=O) groups is 1. The van der Waals surface area contributed by atoms with Gasteiger partial charge in [-0.2, -0.15) is 0 Å². The molecule has 0 heterocycles. The number of hydrogen-bond donors (Lipinski definition) is 3. The van der Waals surface area contributed by atoms with Gasteiger partial charge in [-0.05, 0) is 44.6 Å². The van der Waals surface area contributed by atoms with Gasteiger partial charge in [0.05, 0.1) is 0 Å². The van der Waals surface area contributed by atoms with Crippen molar-refractivity contribution in [1.29, 1.82) is 0 Å². The van der Waals surface area contributed by atoms with Crippen molar-refractivity contribution in [2.24, 2.45) is 11.7 Å². The van der Waals surface area contributed by atoms with Crippen LogP contribution in [0.4, 0.5) is 4.79 Å². The monoisotopic (exact) mass is 186 g/mol. The minimum absolute atomic E-state index is 0.173. The van der Waals surface area contributed by atoms with Crippen LogP contribution in [0.15, 0.2) is 0 Å². The quantitative estimate of drug-likeness (QED) is 0.619. The van der Waals surface area contributed by atoms with E-state index < -0.39 is 6.09 Å². The van der Waals surface area contributed by atoms with Gasteiger partial charge in [0.15, 0.2) is 0 Å². The Balaban J connectivity index is 2.18. The van der Waals surface area contributed by atoms with E-state index in [0.29, 0.717) is 0 Å². The van der Waals surface area contributed by atoms with Crippen molar-refractivity contribution in [1.82, 2.24) is 5.32 Å². The number of carboxylic acid groups (broad SMARTS) is 1. The van der Waals surface area contributed by atoms with E-state index in [9.17, 15) is 4.79 Å². The third-order valence-electron chi connectivity index (χ3n) is 2.75. The fourth-order valence-electron chi connectivity index (χ4n) is 2.01. The summed E-state index contributed by atoms with van der Waals surface area (Å²) in [6.45, 7) is 0.752. The van der Waals surface area contributed by atoms with E-state index >= 15 is 0 Å². The molecule has 0 saturated heterocycles. The van der Waals surface area contributed by atoms with Gasteiger partial charge >= 0.3 is 6.09 Å². The fourth-order valence-corrected chi connectivity index (χ4v) is 2.01. The molecule has 0 aromatic heterocycles. The van der Waals surface area contributed by atoms with Crippen molar-refractivity contribution >= 4 is 6.09 Å². The highest BCUT2D eigenvalue weighted by Crippen LogP contribution is 2.26. The molecule has 76 valence electrons. The van der Waals surface area contributed by atoms with Crippen LogP contribution < -0.4 is 11.1 Å². The molecule has 1 saturated carbocycles. The molecule has 0 atom stereocenters. The van der Waals surface area contributed by atoms with Crippen molar-refractivity contribution in [3.63, 3.8) is 0 Å². The Morgan fingerprint density at radius 3 is 2.46 bits per heavy atom. The van der Waals surface area contributed by atoms with Crippen LogP contribution >= 0.6 is 0 Å². The van der Waals surface area contributed by atoms with E-state index in [0.717, 1.165) is 44.6 Å². The standard InChI is InChI=1S/C9H18N2O2/c10-6-5-7-1-3-8(4-2-7)11-9(12)13/h7-8,11H,1-6,10H2,(H,12,13)/t7-,8-. The number of amides is 1. The number of nitrogens with one attached hydrogen (secondary N) is 1. The molecule has 4 N–H and O–H groups in total. The molecule has 0 aliphatic heterocycles. The Kier molecular flexibility index (Phi) is 4.02. The molecular weight excluding hydrogens is 168 g/mol. The summed E-state index contributed by atoms with van der Waals surface area (Å²) in [4.78, 5) is 10.3. The average molecular weight is 186 g/mol. The van der Waals surface area contributed by atoms with Crippen molar-refractivity contribution in [2.45, 2.75) is 38.1 Å². The minimum Gasteiger partial charge on any atom is -0.465 e. The average Bonchev–Trinajstić information content (AvgIpc) is 2.08. The second-order valence-corrected chi connectivity index (χ2v) is 3.74. The van der Waals surface area contributed by atoms with E-state index in [1.165, 1.54) is 0 Å². The smallest absolute Gasteiger partial charge is 0.404 e. The van der Waals surface area contributed by atoms with Gasteiger partial charge in [0.2, 0.25) is 0 Å². The predicted molar refractivity (Wildman–Crippen MR) is 50.6 cm³/mol. The predicted octanol–water partition coefficient (Wildman–Crippen LogP) is 1.16. The van der Waals surface area contributed by atoms with Crippen molar-refractivity contribution < 1.29 is 9.90 Å². The van der Waals surface area contributed by atoms with Crippen LogP contribution in [-0.2, 0) is 0 Å². The Labute approximate surface area is 78.5 Å². The van der Waals surface area contributed by atoms with E-state index in [1.54, 1.807) is 0 Å². The Morgan fingerprint density at radius 2 is 2.00 bits per heavy atom. The van der Waals surface area contributed by atoms with Gasteiger partial charge in [-0.1, -0.05) is 0 Å². The lowest BCUT2D eigenvalue weighted by molar-refractivity contribution is 0.182. The van der Waals surface area contributed by atoms with Crippen LogP contribution in [0.25, 0.3) is 0 Å². The first-order valence-electron chi connectivity index (χ1n) is 4.92. The maximum atomic E-state index is 10.3. The third kappa shape index (κ3) is 3.63. The summed E-state index contributed by atoms with van der Waals surface area (Å²) in [5, 5.41) is 11.0. The summed E-state index contributed by atoms with van der Waals surface area (Å²) in [7, 11) is 0. The highest BCUT2D eigenvalue weighted by atomic mass is 16.4. The lowest BCUT2D eigenvalue weighted by atomic mass is 9.84. The van der Waals surface area contributed by atoms with Gasteiger partial charge < -0.3 is 16.2 Å². The molecule has 4 nitrogen and oxygen atoms in total. The second-order valence-electron chi connectivity index (χ2n) is 3.74. The molecule has 1 rings (SSSR count). The minimum atomic E-state index is -0.901. The first kappa shape index (κ1) is 10.3. The molecule has 13 heavy (non-hydrogen) atoms. The van der Waals surface area contributed by atoms with E-state index in [2.05, 4.69) is 5.32 Å². The Bertz CT molecular complexity index is 165. The zero-order valence-corrected chi connectivity index (χ0v) is 7.83. The van der Waals surface area contributed by atoms with Gasteiger partial charge in [0, 0.05) is 6.04 Å². The SMILES string of the molecule is NCC[C@H]1CC[C@H](NC(=O)O)CC1. The zero-order valence-electron chi connectivity index (χ0n) is 7.83. The van der Waals surface area contributed by atoms with Crippen LogP contribution in [0.5, 0.6) is 0 Å². The maximum absolute atomic E-state index is 10.3. The third-order valence-corrected chi connectivity index (χ3v) is 2.75. The van der Waals surface area contributed by atoms with Gasteiger partial charge in [-0.3, -0.25) is 0 Å². The normalized spacial score (nSPS) is 28.4. The van der Waals surface area contributed by atoms with Crippen molar-refractivity contribution in [2.75, 3.05) is 6.54 Å². The molecule has 1 amide bonds. The van der Waals surface area contributed by atoms with Gasteiger partial charge in [-0.25, -0.2) is 4.79 Å². The van der Waals surface area contributed by atoms with Crippen LogP contribution in [0, 0.1) is 5.92 Å². The summed E-state index contributed by atoms with van der Waals surface area (Å²) in [6.07, 6.45) is 4.35. The van der Waals surface area contributed by atoms with Crippen LogP contribution in [-0.4, -0.2) is 23.8 Å². The fraction of sp³-hybridized carbons (Fsp3) is 0.889. The van der Waals surface area contributed by atoms with E-state index in [4.69, 9.17) is 10.8 Å². The lowest BCUT2D eigenvalue weighted by Crippen LogP contribution is -2.36. The first-order chi connectivity index (χ1) is 6.22. The molecule has 0 bridgehead atoms. The van der Waals surface area contributed by atoms with Gasteiger partial charge in [0.25, 0.3) is 0 Å². The molecular formula is C9H18N2O2. The first-order valence-corrected chi connectivity index (χ1v) is 4.92. The molecule has 4 heteroatoms. The highest BCUT2D eigenvalue weighted by Gasteiger charge is 2.21. The van der Waals surface area contributed by atoms with Crippen LogP contribution in [0.1, 0.15) is 32.1 Å². The largest absolute Gasteiger partial charge is 0.465 e. The van der Waals surface area contributed by atoms with Crippen molar-refractivity contribution in [3.05, 3.63) is 0 Å². The lowest BCUT2D eigenvalue weighted by Gasteiger charge is -2.27. The molecule has 1 fully saturated rings. The second kappa shape index (κ2) is 5.07. The van der Waals surface area contributed by atoms with Gasteiger partial charge in [0.1, 0.15) is 0 Å². The summed E-state index contributed by atoms with van der Waals surface area (Å²) in [5.41, 5.74) is 5.46. The number of nitrogens with two attached hydrogens (primary N) is 1. The zero-order chi connectivity index (χ0) is 9.68. The van der Waals surface area contributed by atoms with Crippen molar-refractivity contribution in [3.8, 4) is 0 Å². The van der Waals surface area contributed by atoms with E-state index in [1.807, 2.05) is 0 Å². The maximum Gasteiger partial charge on any atom is 0.404 e.